The summed E-state index contributed by atoms with van der Waals surface area (Å²) in [5.74, 6) is 0.752. The Morgan fingerprint density at radius 2 is 1.50 bits per heavy atom. The highest BCUT2D eigenvalue weighted by atomic mass is 79.9. The van der Waals surface area contributed by atoms with Crippen molar-refractivity contribution in [2.45, 2.75) is 0 Å². The summed E-state index contributed by atoms with van der Waals surface area (Å²) >= 11 is 5.47. The molecule has 6 aromatic rings. The zero-order valence-electron chi connectivity index (χ0n) is 15.8. The fourth-order valence-electron chi connectivity index (χ4n) is 3.99. The van der Waals surface area contributed by atoms with Crippen molar-refractivity contribution in [2.24, 2.45) is 0 Å². The van der Waals surface area contributed by atoms with Gasteiger partial charge in [-0.15, -0.1) is 11.3 Å². The Balaban J connectivity index is 1.74. The molecule has 2 nitrogen and oxygen atoms in total. The Morgan fingerprint density at radius 3 is 2.40 bits per heavy atom. The van der Waals surface area contributed by atoms with E-state index in [0.717, 1.165) is 38.0 Å². The van der Waals surface area contributed by atoms with Gasteiger partial charge in [-0.1, -0.05) is 76.6 Å². The Bertz CT molecular complexity index is 1550. The zero-order valence-corrected chi connectivity index (χ0v) is 18.2. The quantitative estimate of drug-likeness (QED) is 0.257. The van der Waals surface area contributed by atoms with Crippen molar-refractivity contribution >= 4 is 58.3 Å². The Hall–Kier alpha value is -3.08. The van der Waals surface area contributed by atoms with Crippen molar-refractivity contribution in [1.29, 1.82) is 0 Å². The molecule has 0 saturated heterocycles. The molecule has 0 bridgehead atoms. The van der Waals surface area contributed by atoms with Crippen LogP contribution in [0.2, 0.25) is 0 Å². The molecule has 4 aromatic carbocycles. The van der Waals surface area contributed by atoms with Crippen LogP contribution in [0, 0.1) is 0 Å². The summed E-state index contributed by atoms with van der Waals surface area (Å²) in [6, 6.07) is 31.4. The second-order valence-electron chi connectivity index (χ2n) is 7.20. The van der Waals surface area contributed by atoms with E-state index < -0.39 is 0 Å². The van der Waals surface area contributed by atoms with E-state index in [1.165, 1.54) is 20.2 Å². The largest absolute Gasteiger partial charge is 0.228 e. The minimum Gasteiger partial charge on any atom is -0.228 e. The van der Waals surface area contributed by atoms with Gasteiger partial charge in [0.05, 0.1) is 11.2 Å². The normalized spacial score (nSPS) is 11.5. The molecular weight excluding hydrogens is 452 g/mol. The molecule has 0 aliphatic heterocycles. The number of halogens is 1. The first-order valence-electron chi connectivity index (χ1n) is 9.71. The molecule has 0 aliphatic carbocycles. The maximum absolute atomic E-state index is 5.08. The average Bonchev–Trinajstić information content (AvgIpc) is 3.17. The van der Waals surface area contributed by atoms with Crippen molar-refractivity contribution in [1.82, 2.24) is 9.97 Å². The number of thiophene rings is 1. The molecule has 2 aromatic heterocycles. The minimum atomic E-state index is 0.752. The molecule has 0 unspecified atom stereocenters. The number of benzene rings is 4. The molecule has 4 heteroatoms. The SMILES string of the molecule is Brc1ccc2sc3cccc(-c4nc(-c5ccccc5)nc5ccccc45)c3c2c1. The van der Waals surface area contributed by atoms with Crippen molar-refractivity contribution in [3.8, 4) is 22.6 Å². The van der Waals surface area contributed by atoms with Gasteiger partial charge in [0.1, 0.15) is 0 Å². The Morgan fingerprint density at radius 1 is 0.667 bits per heavy atom. The molecule has 2 heterocycles. The number of para-hydroxylation sites is 1. The van der Waals surface area contributed by atoms with Gasteiger partial charge in [-0.05, 0) is 30.3 Å². The van der Waals surface area contributed by atoms with E-state index in [-0.39, 0.29) is 0 Å². The van der Waals surface area contributed by atoms with Crippen molar-refractivity contribution < 1.29 is 0 Å². The maximum Gasteiger partial charge on any atom is 0.160 e. The molecule has 0 radical (unpaired) electrons. The molecule has 0 N–H and O–H groups in total. The van der Waals surface area contributed by atoms with Crippen LogP contribution in [0.25, 0.3) is 53.7 Å². The summed E-state index contributed by atoms with van der Waals surface area (Å²) in [5.41, 5.74) is 4.10. The van der Waals surface area contributed by atoms with E-state index in [1.807, 2.05) is 35.6 Å². The summed E-state index contributed by atoms with van der Waals surface area (Å²) in [6.45, 7) is 0. The summed E-state index contributed by atoms with van der Waals surface area (Å²) in [6.07, 6.45) is 0. The molecule has 0 amide bonds. The van der Waals surface area contributed by atoms with Crippen LogP contribution < -0.4 is 0 Å². The summed E-state index contributed by atoms with van der Waals surface area (Å²) in [5, 5.41) is 3.57. The lowest BCUT2D eigenvalue weighted by molar-refractivity contribution is 1.23. The highest BCUT2D eigenvalue weighted by Crippen LogP contribution is 2.42. The summed E-state index contributed by atoms with van der Waals surface area (Å²) in [4.78, 5) is 9.94. The lowest BCUT2D eigenvalue weighted by Gasteiger charge is -2.11. The van der Waals surface area contributed by atoms with Crippen molar-refractivity contribution in [3.63, 3.8) is 0 Å². The van der Waals surface area contributed by atoms with Gasteiger partial charge in [0.2, 0.25) is 0 Å². The van der Waals surface area contributed by atoms with Crippen molar-refractivity contribution in [2.75, 3.05) is 0 Å². The number of rotatable bonds is 2. The minimum absolute atomic E-state index is 0.752. The number of hydrogen-bond donors (Lipinski definition) is 0. The first-order valence-corrected chi connectivity index (χ1v) is 11.3. The second-order valence-corrected chi connectivity index (χ2v) is 9.20. The van der Waals surface area contributed by atoms with E-state index in [4.69, 9.17) is 9.97 Å². The van der Waals surface area contributed by atoms with Gasteiger partial charge in [-0.25, -0.2) is 9.97 Å². The molecule has 0 fully saturated rings. The van der Waals surface area contributed by atoms with Crippen molar-refractivity contribution in [3.05, 3.63) is 95.5 Å². The molecule has 0 atom stereocenters. The molecule has 0 saturated carbocycles. The maximum atomic E-state index is 5.08. The second kappa shape index (κ2) is 7.01. The number of nitrogens with zero attached hydrogens (tertiary/aromatic N) is 2. The third kappa shape index (κ3) is 2.83. The third-order valence-electron chi connectivity index (χ3n) is 5.35. The fourth-order valence-corrected chi connectivity index (χ4v) is 5.47. The highest BCUT2D eigenvalue weighted by Gasteiger charge is 2.16. The Labute approximate surface area is 186 Å². The number of aromatic nitrogens is 2. The lowest BCUT2D eigenvalue weighted by Crippen LogP contribution is -1.95. The van der Waals surface area contributed by atoms with Crippen LogP contribution in [-0.4, -0.2) is 9.97 Å². The molecular formula is C26H15BrN2S. The molecule has 6 rings (SSSR count). The summed E-state index contributed by atoms with van der Waals surface area (Å²) < 4.78 is 3.63. The summed E-state index contributed by atoms with van der Waals surface area (Å²) in [7, 11) is 0. The van der Waals surface area contributed by atoms with Crippen LogP contribution in [0.4, 0.5) is 0 Å². The number of hydrogen-bond acceptors (Lipinski definition) is 3. The third-order valence-corrected chi connectivity index (χ3v) is 6.98. The predicted molar refractivity (Wildman–Crippen MR) is 131 cm³/mol. The van der Waals surface area contributed by atoms with Gasteiger partial charge in [-0.2, -0.15) is 0 Å². The predicted octanol–water partition coefficient (Wildman–Crippen LogP) is 8.09. The van der Waals surface area contributed by atoms with E-state index >= 15 is 0 Å². The molecule has 0 aliphatic rings. The molecule has 0 spiro atoms. The van der Waals surface area contributed by atoms with Gasteiger partial charge in [0.25, 0.3) is 0 Å². The van der Waals surface area contributed by atoms with Crippen LogP contribution in [0.3, 0.4) is 0 Å². The average molecular weight is 467 g/mol. The number of fused-ring (bicyclic) bond motifs is 4. The zero-order chi connectivity index (χ0) is 20.1. The van der Waals surface area contributed by atoms with Crippen LogP contribution >= 0.6 is 27.3 Å². The Kier molecular flexibility index (Phi) is 4.15. The highest BCUT2D eigenvalue weighted by molar-refractivity contribution is 9.10. The van der Waals surface area contributed by atoms with E-state index in [2.05, 4.69) is 82.7 Å². The first-order chi connectivity index (χ1) is 14.8. The van der Waals surface area contributed by atoms with Crippen LogP contribution in [0.1, 0.15) is 0 Å². The van der Waals surface area contributed by atoms with E-state index in [9.17, 15) is 0 Å². The molecule has 30 heavy (non-hydrogen) atoms. The molecule has 142 valence electrons. The van der Waals surface area contributed by atoms with Crippen LogP contribution in [0.5, 0.6) is 0 Å². The lowest BCUT2D eigenvalue weighted by atomic mass is 10.00. The van der Waals surface area contributed by atoms with Gasteiger partial charge in [0, 0.05) is 41.2 Å². The van der Waals surface area contributed by atoms with Gasteiger partial charge in [0.15, 0.2) is 5.82 Å². The van der Waals surface area contributed by atoms with Crippen LogP contribution in [0.15, 0.2) is 95.5 Å². The van der Waals surface area contributed by atoms with Gasteiger partial charge < -0.3 is 0 Å². The fraction of sp³-hybridized carbons (Fsp3) is 0. The smallest absolute Gasteiger partial charge is 0.160 e. The van der Waals surface area contributed by atoms with E-state index in [0.29, 0.717) is 0 Å². The van der Waals surface area contributed by atoms with Crippen LogP contribution in [-0.2, 0) is 0 Å². The van der Waals surface area contributed by atoms with Gasteiger partial charge >= 0.3 is 0 Å². The van der Waals surface area contributed by atoms with Gasteiger partial charge in [-0.3, -0.25) is 0 Å². The first kappa shape index (κ1) is 17.8. The standard InChI is InChI=1S/C26H15BrN2S/c27-17-13-14-22-20(15-17)24-19(10-6-12-23(24)30-22)25-18-9-4-5-11-21(18)28-26(29-25)16-7-2-1-3-8-16/h1-15H. The monoisotopic (exact) mass is 466 g/mol. The van der Waals surface area contributed by atoms with E-state index in [1.54, 1.807) is 0 Å². The topological polar surface area (TPSA) is 25.8 Å².